The topological polar surface area (TPSA) is 78.5 Å². The normalized spacial score (nSPS) is 19.8. The fraction of sp³-hybridized carbons (Fsp3) is 0.923. The van der Waals surface area contributed by atoms with Crippen LogP contribution in [0.15, 0.2) is 0 Å². The first-order chi connectivity index (χ1) is 9.40. The summed E-state index contributed by atoms with van der Waals surface area (Å²) in [5, 5.41) is 6.17. The Balaban J connectivity index is 2.37. The Hall–Kier alpha value is -0.660. The van der Waals surface area contributed by atoms with Crippen LogP contribution in [-0.2, 0) is 14.8 Å². The van der Waals surface area contributed by atoms with E-state index < -0.39 is 10.0 Å². The Labute approximate surface area is 122 Å². The van der Waals surface area contributed by atoms with Crippen molar-refractivity contribution in [1.82, 2.24) is 14.9 Å². The van der Waals surface area contributed by atoms with Gasteiger partial charge in [-0.3, -0.25) is 4.79 Å². The van der Waals surface area contributed by atoms with Gasteiger partial charge in [0, 0.05) is 31.6 Å². The lowest BCUT2D eigenvalue weighted by Gasteiger charge is -2.31. The van der Waals surface area contributed by atoms with Crippen LogP contribution in [0.1, 0.15) is 33.6 Å². The van der Waals surface area contributed by atoms with Crippen molar-refractivity contribution >= 4 is 15.9 Å². The van der Waals surface area contributed by atoms with Gasteiger partial charge in [-0.05, 0) is 26.3 Å². The van der Waals surface area contributed by atoms with Crippen molar-refractivity contribution in [3.05, 3.63) is 0 Å². The summed E-state index contributed by atoms with van der Waals surface area (Å²) in [7, 11) is -3.09. The van der Waals surface area contributed by atoms with Gasteiger partial charge in [-0.1, -0.05) is 13.8 Å². The Bertz CT molecular complexity index is 403. The monoisotopic (exact) mass is 305 g/mol. The lowest BCUT2D eigenvalue weighted by molar-refractivity contribution is -0.125. The van der Waals surface area contributed by atoms with Gasteiger partial charge < -0.3 is 10.6 Å². The molecule has 20 heavy (non-hydrogen) atoms. The number of carbonyl (C=O) groups excluding carboxylic acids is 1. The van der Waals surface area contributed by atoms with Crippen LogP contribution < -0.4 is 10.6 Å². The molecule has 1 atom stereocenters. The number of sulfonamides is 1. The van der Waals surface area contributed by atoms with Gasteiger partial charge in [0.2, 0.25) is 15.9 Å². The van der Waals surface area contributed by atoms with Crippen molar-refractivity contribution in [2.45, 2.75) is 39.7 Å². The van der Waals surface area contributed by atoms with E-state index >= 15 is 0 Å². The number of nitrogens with zero attached hydrogens (tertiary/aromatic N) is 1. The van der Waals surface area contributed by atoms with Gasteiger partial charge in [-0.15, -0.1) is 0 Å². The third-order valence-electron chi connectivity index (χ3n) is 3.71. The van der Waals surface area contributed by atoms with Gasteiger partial charge in [-0.25, -0.2) is 12.7 Å². The fourth-order valence-electron chi connectivity index (χ4n) is 2.26. The van der Waals surface area contributed by atoms with Gasteiger partial charge in [-0.2, -0.15) is 0 Å². The highest BCUT2D eigenvalue weighted by molar-refractivity contribution is 7.89. The highest BCUT2D eigenvalue weighted by Crippen LogP contribution is 2.14. The minimum Gasteiger partial charge on any atom is -0.353 e. The van der Waals surface area contributed by atoms with Crippen LogP contribution in [0.3, 0.4) is 0 Å². The third-order valence-corrected chi connectivity index (χ3v) is 5.59. The molecule has 2 N–H and O–H groups in total. The maximum absolute atomic E-state index is 12.0. The number of amides is 1. The Morgan fingerprint density at radius 1 is 1.30 bits per heavy atom. The van der Waals surface area contributed by atoms with Crippen molar-refractivity contribution in [3.8, 4) is 0 Å². The molecule has 0 saturated carbocycles. The van der Waals surface area contributed by atoms with Crippen LogP contribution in [0.25, 0.3) is 0 Å². The van der Waals surface area contributed by atoms with Crippen LogP contribution in [0.4, 0.5) is 0 Å². The second kappa shape index (κ2) is 7.95. The maximum Gasteiger partial charge on any atom is 0.224 e. The van der Waals surface area contributed by atoms with Gasteiger partial charge in [0.25, 0.3) is 0 Å². The first-order valence-corrected chi connectivity index (χ1v) is 9.00. The molecule has 1 aliphatic heterocycles. The van der Waals surface area contributed by atoms with E-state index in [9.17, 15) is 13.2 Å². The molecule has 1 unspecified atom stereocenters. The molecule has 0 aromatic carbocycles. The van der Waals surface area contributed by atoms with E-state index in [4.69, 9.17) is 0 Å². The Morgan fingerprint density at radius 2 is 1.90 bits per heavy atom. The quantitative estimate of drug-likeness (QED) is 0.702. The number of hydrogen-bond acceptors (Lipinski definition) is 4. The van der Waals surface area contributed by atoms with Crippen LogP contribution in [0.2, 0.25) is 0 Å². The summed E-state index contributed by atoms with van der Waals surface area (Å²) in [5.74, 6) is 0.124. The minimum atomic E-state index is -3.09. The molecule has 0 bridgehead atoms. The standard InChI is InChI=1S/C13H27N3O3S/c1-4-14-10-11(3)13(17)15-12-6-8-16(9-7-12)20(18,19)5-2/h11-12,14H,4-10H2,1-3H3,(H,15,17). The molecule has 118 valence electrons. The summed E-state index contributed by atoms with van der Waals surface area (Å²) >= 11 is 0. The molecule has 0 aliphatic carbocycles. The number of carbonyl (C=O) groups is 1. The molecule has 0 radical (unpaired) electrons. The first-order valence-electron chi connectivity index (χ1n) is 7.39. The number of piperidine rings is 1. The molecular formula is C13H27N3O3S. The van der Waals surface area contributed by atoms with Crippen molar-refractivity contribution in [3.63, 3.8) is 0 Å². The zero-order chi connectivity index (χ0) is 15.2. The first kappa shape index (κ1) is 17.4. The summed E-state index contributed by atoms with van der Waals surface area (Å²) in [6, 6.07) is 0.0925. The van der Waals surface area contributed by atoms with Crippen molar-refractivity contribution in [2.24, 2.45) is 5.92 Å². The summed E-state index contributed by atoms with van der Waals surface area (Å²) in [6.07, 6.45) is 1.39. The van der Waals surface area contributed by atoms with Crippen LogP contribution in [0.5, 0.6) is 0 Å². The highest BCUT2D eigenvalue weighted by Gasteiger charge is 2.28. The molecule has 1 fully saturated rings. The number of hydrogen-bond donors (Lipinski definition) is 2. The molecule has 7 heteroatoms. The molecule has 1 aliphatic rings. The zero-order valence-corrected chi connectivity index (χ0v) is 13.5. The molecule has 6 nitrogen and oxygen atoms in total. The number of nitrogens with one attached hydrogen (secondary N) is 2. The molecular weight excluding hydrogens is 278 g/mol. The summed E-state index contributed by atoms with van der Waals surface area (Å²) in [5.41, 5.74) is 0. The average Bonchev–Trinajstić information content (AvgIpc) is 2.45. The van der Waals surface area contributed by atoms with E-state index in [2.05, 4.69) is 10.6 Å². The molecule has 0 spiro atoms. The van der Waals surface area contributed by atoms with Crippen LogP contribution in [-0.4, -0.2) is 56.6 Å². The fourth-order valence-corrected chi connectivity index (χ4v) is 3.39. The smallest absolute Gasteiger partial charge is 0.224 e. The van der Waals surface area contributed by atoms with Gasteiger partial charge in [0.15, 0.2) is 0 Å². The number of rotatable bonds is 7. The Morgan fingerprint density at radius 3 is 2.40 bits per heavy atom. The maximum atomic E-state index is 12.0. The van der Waals surface area contributed by atoms with Crippen molar-refractivity contribution in [1.29, 1.82) is 0 Å². The lowest BCUT2D eigenvalue weighted by atomic mass is 10.0. The Kier molecular flexibility index (Phi) is 6.91. The van der Waals surface area contributed by atoms with E-state index in [1.807, 2.05) is 13.8 Å². The summed E-state index contributed by atoms with van der Waals surface area (Å²) < 4.78 is 25.0. The van der Waals surface area contributed by atoms with Crippen molar-refractivity contribution in [2.75, 3.05) is 31.9 Å². The van der Waals surface area contributed by atoms with E-state index in [1.165, 1.54) is 4.31 Å². The average molecular weight is 305 g/mol. The van der Waals surface area contributed by atoms with Gasteiger partial charge in [0.05, 0.1) is 5.75 Å². The predicted octanol–water partition coefficient (Wildman–Crippen LogP) is 0.162. The van der Waals surface area contributed by atoms with Crippen LogP contribution in [0, 0.1) is 5.92 Å². The molecule has 1 rings (SSSR count). The molecule has 1 saturated heterocycles. The second-order valence-electron chi connectivity index (χ2n) is 5.29. The molecule has 0 aromatic rings. The summed E-state index contributed by atoms with van der Waals surface area (Å²) in [6.45, 7) is 8.09. The molecule has 0 aromatic heterocycles. The van der Waals surface area contributed by atoms with Crippen LogP contribution >= 0.6 is 0 Å². The lowest BCUT2D eigenvalue weighted by Crippen LogP contribution is -2.48. The van der Waals surface area contributed by atoms with Gasteiger partial charge in [0.1, 0.15) is 0 Å². The minimum absolute atomic E-state index is 0.0442. The van der Waals surface area contributed by atoms with E-state index in [0.29, 0.717) is 32.5 Å². The van der Waals surface area contributed by atoms with E-state index in [1.54, 1.807) is 6.92 Å². The zero-order valence-electron chi connectivity index (χ0n) is 12.7. The van der Waals surface area contributed by atoms with E-state index in [0.717, 1.165) is 6.54 Å². The van der Waals surface area contributed by atoms with Crippen molar-refractivity contribution < 1.29 is 13.2 Å². The largest absolute Gasteiger partial charge is 0.353 e. The second-order valence-corrected chi connectivity index (χ2v) is 7.55. The van der Waals surface area contributed by atoms with Gasteiger partial charge >= 0.3 is 0 Å². The molecule has 1 heterocycles. The summed E-state index contributed by atoms with van der Waals surface area (Å²) in [4.78, 5) is 12.0. The SMILES string of the molecule is CCNCC(C)C(=O)NC1CCN(S(=O)(=O)CC)CC1. The highest BCUT2D eigenvalue weighted by atomic mass is 32.2. The van der Waals surface area contributed by atoms with E-state index in [-0.39, 0.29) is 23.6 Å². The third kappa shape index (κ3) is 5.03. The molecule has 1 amide bonds. The predicted molar refractivity (Wildman–Crippen MR) is 79.9 cm³/mol.